The average Bonchev–Trinajstić information content (AvgIpc) is 2.34. The molecule has 0 radical (unpaired) electrons. The van der Waals surface area contributed by atoms with Gasteiger partial charge in [0.15, 0.2) is 0 Å². The number of carboxylic acids is 1. The molecule has 0 fully saturated rings. The third-order valence-corrected chi connectivity index (χ3v) is 2.83. The first-order valence-corrected chi connectivity index (χ1v) is 7.60. The number of hydrogen-bond donors (Lipinski definition) is 2. The number of amides is 1. The van der Waals surface area contributed by atoms with Gasteiger partial charge in [-0.15, -0.1) is 0 Å². The fourth-order valence-corrected chi connectivity index (χ4v) is 2.04. The fraction of sp³-hybridized carbons (Fsp3) is 0.800. The Bertz CT molecular complexity index is 369. The molecule has 0 aliphatic heterocycles. The van der Waals surface area contributed by atoms with E-state index in [0.717, 1.165) is 0 Å². The maximum atomic E-state index is 11.6. The largest absolute Gasteiger partial charge is 0.481 e. The molecule has 0 rings (SSSR count). The van der Waals surface area contributed by atoms with Crippen LogP contribution in [-0.2, 0) is 19.1 Å². The van der Waals surface area contributed by atoms with Gasteiger partial charge < -0.3 is 19.9 Å². The summed E-state index contributed by atoms with van der Waals surface area (Å²) in [6, 6.07) is 0. The van der Waals surface area contributed by atoms with Crippen molar-refractivity contribution in [2.75, 3.05) is 6.54 Å². The lowest BCUT2D eigenvalue weighted by atomic mass is 9.94. The number of aliphatic carboxylic acids is 1. The van der Waals surface area contributed by atoms with Gasteiger partial charge in [0.2, 0.25) is 6.29 Å². The van der Waals surface area contributed by atoms with Gasteiger partial charge in [-0.1, -0.05) is 20.8 Å². The number of carbonyl (C=O) groups excluding carboxylic acids is 2. The van der Waals surface area contributed by atoms with Gasteiger partial charge in [-0.3, -0.25) is 9.59 Å². The van der Waals surface area contributed by atoms with Crippen LogP contribution < -0.4 is 5.32 Å². The van der Waals surface area contributed by atoms with Crippen molar-refractivity contribution < 1.29 is 29.0 Å². The first-order chi connectivity index (χ1) is 10.2. The highest BCUT2D eigenvalue weighted by molar-refractivity contribution is 5.70. The molecule has 2 atom stereocenters. The lowest BCUT2D eigenvalue weighted by Gasteiger charge is -2.19. The minimum Gasteiger partial charge on any atom is -0.481 e. The van der Waals surface area contributed by atoms with Gasteiger partial charge in [0.1, 0.15) is 0 Å². The molecule has 0 bridgehead atoms. The zero-order chi connectivity index (χ0) is 17.1. The van der Waals surface area contributed by atoms with Crippen molar-refractivity contribution in [1.29, 1.82) is 0 Å². The van der Waals surface area contributed by atoms with Crippen LogP contribution in [0.25, 0.3) is 0 Å². The molecule has 2 N–H and O–H groups in total. The third kappa shape index (κ3) is 10.9. The molecule has 0 heterocycles. The number of nitrogens with one attached hydrogen (secondary N) is 1. The summed E-state index contributed by atoms with van der Waals surface area (Å²) in [5, 5.41) is 11.4. The predicted molar refractivity (Wildman–Crippen MR) is 80.1 cm³/mol. The topological polar surface area (TPSA) is 102 Å². The first-order valence-electron chi connectivity index (χ1n) is 7.60. The minimum absolute atomic E-state index is 0.0144. The molecule has 1 amide bonds. The van der Waals surface area contributed by atoms with Crippen molar-refractivity contribution in [3.63, 3.8) is 0 Å². The van der Waals surface area contributed by atoms with Crippen molar-refractivity contribution >= 4 is 18.0 Å². The molecular formula is C15H27NO6. The highest BCUT2D eigenvalue weighted by Crippen LogP contribution is 2.14. The summed E-state index contributed by atoms with van der Waals surface area (Å²) in [6.45, 7) is 7.48. The zero-order valence-electron chi connectivity index (χ0n) is 13.8. The van der Waals surface area contributed by atoms with Crippen LogP contribution in [-0.4, -0.2) is 36.0 Å². The lowest BCUT2D eigenvalue weighted by molar-refractivity contribution is -0.165. The standard InChI is InChI=1S/C15H27NO6/c1-5-6-14(19)21-11(4)22-15(20)16-9-12(7-10(2)3)8-13(17)18/h10-12H,5-9H2,1-4H3,(H,16,20)(H,17,18)/t11?,12-/m0/s1. The van der Waals surface area contributed by atoms with E-state index in [0.29, 0.717) is 18.8 Å². The van der Waals surface area contributed by atoms with Crippen LogP contribution in [0, 0.1) is 11.8 Å². The maximum absolute atomic E-state index is 11.6. The number of ether oxygens (including phenoxy) is 2. The molecule has 0 aliphatic rings. The summed E-state index contributed by atoms with van der Waals surface area (Å²) >= 11 is 0. The van der Waals surface area contributed by atoms with E-state index in [1.165, 1.54) is 6.92 Å². The summed E-state index contributed by atoms with van der Waals surface area (Å²) in [5.74, 6) is -1.16. The van der Waals surface area contributed by atoms with Crippen molar-refractivity contribution in [2.45, 2.75) is 59.7 Å². The molecule has 0 saturated heterocycles. The molecular weight excluding hydrogens is 290 g/mol. The number of rotatable bonds is 10. The maximum Gasteiger partial charge on any atom is 0.410 e. The van der Waals surface area contributed by atoms with E-state index >= 15 is 0 Å². The van der Waals surface area contributed by atoms with Gasteiger partial charge in [0, 0.05) is 26.3 Å². The summed E-state index contributed by atoms with van der Waals surface area (Å²) in [6.07, 6.45) is -0.0977. The minimum atomic E-state index is -0.970. The lowest BCUT2D eigenvalue weighted by Crippen LogP contribution is -2.34. The van der Waals surface area contributed by atoms with Gasteiger partial charge in [-0.05, 0) is 24.7 Å². The molecule has 22 heavy (non-hydrogen) atoms. The Balaban J connectivity index is 4.16. The molecule has 0 aromatic rings. The Morgan fingerprint density at radius 2 is 1.77 bits per heavy atom. The quantitative estimate of drug-likeness (QED) is 0.474. The van der Waals surface area contributed by atoms with E-state index in [9.17, 15) is 14.4 Å². The van der Waals surface area contributed by atoms with Crippen molar-refractivity contribution in [1.82, 2.24) is 5.32 Å². The van der Waals surface area contributed by atoms with E-state index < -0.39 is 24.3 Å². The van der Waals surface area contributed by atoms with E-state index in [1.54, 1.807) is 0 Å². The first kappa shape index (κ1) is 20.2. The van der Waals surface area contributed by atoms with Crippen LogP contribution in [0.4, 0.5) is 4.79 Å². The van der Waals surface area contributed by atoms with Gasteiger partial charge in [-0.25, -0.2) is 4.79 Å². The van der Waals surface area contributed by atoms with Crippen LogP contribution in [0.1, 0.15) is 53.4 Å². The molecule has 0 aromatic heterocycles. The Morgan fingerprint density at radius 1 is 1.14 bits per heavy atom. The smallest absolute Gasteiger partial charge is 0.410 e. The molecule has 0 aliphatic carbocycles. The molecule has 0 aromatic carbocycles. The Kier molecular flexibility index (Phi) is 9.98. The van der Waals surface area contributed by atoms with Crippen molar-refractivity contribution in [2.24, 2.45) is 11.8 Å². The molecule has 1 unspecified atom stereocenters. The third-order valence-electron chi connectivity index (χ3n) is 2.83. The zero-order valence-corrected chi connectivity index (χ0v) is 13.8. The Labute approximate surface area is 131 Å². The van der Waals surface area contributed by atoms with Gasteiger partial charge in [0.05, 0.1) is 0 Å². The molecule has 7 heteroatoms. The highest BCUT2D eigenvalue weighted by Gasteiger charge is 2.18. The molecule has 0 spiro atoms. The molecule has 0 saturated carbocycles. The monoisotopic (exact) mass is 317 g/mol. The van der Waals surface area contributed by atoms with Gasteiger partial charge >= 0.3 is 18.0 Å². The Hall–Kier alpha value is -1.79. The average molecular weight is 317 g/mol. The second-order valence-electron chi connectivity index (χ2n) is 5.69. The van der Waals surface area contributed by atoms with Crippen LogP contribution in [0.5, 0.6) is 0 Å². The van der Waals surface area contributed by atoms with Crippen LogP contribution in [0.15, 0.2) is 0 Å². The van der Waals surface area contributed by atoms with Gasteiger partial charge in [0.25, 0.3) is 0 Å². The molecule has 128 valence electrons. The summed E-state index contributed by atoms with van der Waals surface area (Å²) in [5.41, 5.74) is 0. The second kappa shape index (κ2) is 10.9. The number of hydrogen-bond acceptors (Lipinski definition) is 5. The highest BCUT2D eigenvalue weighted by atomic mass is 16.7. The number of carbonyl (C=O) groups is 3. The summed E-state index contributed by atoms with van der Waals surface area (Å²) < 4.78 is 9.77. The number of alkyl carbamates (subject to hydrolysis) is 1. The van der Waals surface area contributed by atoms with Gasteiger partial charge in [-0.2, -0.15) is 0 Å². The van der Waals surface area contributed by atoms with Crippen LogP contribution in [0.2, 0.25) is 0 Å². The number of carboxylic acid groups (broad SMARTS) is 1. The predicted octanol–water partition coefficient (Wildman–Crippen LogP) is 2.54. The number of esters is 1. The summed E-state index contributed by atoms with van der Waals surface area (Å²) in [7, 11) is 0. The fourth-order valence-electron chi connectivity index (χ4n) is 2.04. The van der Waals surface area contributed by atoms with E-state index in [4.69, 9.17) is 14.6 Å². The normalized spacial score (nSPS) is 13.3. The molecule has 7 nitrogen and oxygen atoms in total. The summed E-state index contributed by atoms with van der Waals surface area (Å²) in [4.78, 5) is 33.6. The Morgan fingerprint density at radius 3 is 2.27 bits per heavy atom. The van der Waals surface area contributed by atoms with E-state index in [-0.39, 0.29) is 25.3 Å². The van der Waals surface area contributed by atoms with Crippen LogP contribution >= 0.6 is 0 Å². The van der Waals surface area contributed by atoms with Crippen LogP contribution in [0.3, 0.4) is 0 Å². The van der Waals surface area contributed by atoms with E-state index in [1.807, 2.05) is 20.8 Å². The SMILES string of the molecule is CCCC(=O)OC(C)OC(=O)NC[C@H](CC(=O)O)CC(C)C. The van der Waals surface area contributed by atoms with Crippen molar-refractivity contribution in [3.8, 4) is 0 Å². The van der Waals surface area contributed by atoms with Crippen molar-refractivity contribution in [3.05, 3.63) is 0 Å². The van der Waals surface area contributed by atoms with E-state index in [2.05, 4.69) is 5.32 Å². The second-order valence-corrected chi connectivity index (χ2v) is 5.69.